The highest BCUT2D eigenvalue weighted by Crippen LogP contribution is 2.29. The van der Waals surface area contributed by atoms with Crippen molar-refractivity contribution >= 4 is 40.1 Å². The highest BCUT2D eigenvalue weighted by molar-refractivity contribution is 6.35. The summed E-state index contributed by atoms with van der Waals surface area (Å²) in [6, 6.07) is 13.4. The fourth-order valence-corrected chi connectivity index (χ4v) is 3.19. The molecule has 3 aromatic rings. The third kappa shape index (κ3) is 3.41. The molecule has 128 valence electrons. The molecule has 0 spiro atoms. The van der Waals surface area contributed by atoms with Crippen LogP contribution in [0.4, 0.5) is 0 Å². The average molecular weight is 376 g/mol. The van der Waals surface area contributed by atoms with Gasteiger partial charge in [-0.05, 0) is 36.8 Å². The van der Waals surface area contributed by atoms with Gasteiger partial charge < -0.3 is 9.32 Å². The standard InChI is InChI=1S/C19H15Cl2NO3/c1-11(14-8-7-13(20)10-16(14)21)22(2)18(23)15-9-12-5-3-4-6-17(12)25-19(15)24/h3-11H,1-2H3/t11-/m1/s1. The molecule has 3 rings (SSSR count). The number of benzene rings is 2. The van der Waals surface area contributed by atoms with Gasteiger partial charge in [0.1, 0.15) is 11.1 Å². The zero-order valence-corrected chi connectivity index (χ0v) is 15.1. The molecule has 0 radical (unpaired) electrons. The number of carbonyl (C=O) groups excluding carboxylic acids is 1. The van der Waals surface area contributed by atoms with E-state index in [0.29, 0.717) is 21.0 Å². The van der Waals surface area contributed by atoms with Crippen LogP contribution in [0.15, 0.2) is 57.7 Å². The van der Waals surface area contributed by atoms with Crippen molar-refractivity contribution in [3.8, 4) is 0 Å². The molecule has 1 atom stereocenters. The van der Waals surface area contributed by atoms with Crippen LogP contribution in [0.5, 0.6) is 0 Å². The van der Waals surface area contributed by atoms with Crippen molar-refractivity contribution in [3.05, 3.63) is 80.1 Å². The van der Waals surface area contributed by atoms with Crippen LogP contribution in [0.2, 0.25) is 10.0 Å². The van der Waals surface area contributed by atoms with Crippen LogP contribution in [-0.4, -0.2) is 17.9 Å². The number of carbonyl (C=O) groups is 1. The van der Waals surface area contributed by atoms with Gasteiger partial charge in [-0.25, -0.2) is 4.79 Å². The van der Waals surface area contributed by atoms with Crippen molar-refractivity contribution < 1.29 is 9.21 Å². The molecule has 1 amide bonds. The van der Waals surface area contributed by atoms with E-state index in [0.717, 1.165) is 5.56 Å². The molecule has 25 heavy (non-hydrogen) atoms. The first kappa shape index (κ1) is 17.5. The summed E-state index contributed by atoms with van der Waals surface area (Å²) < 4.78 is 5.24. The molecule has 0 unspecified atom stereocenters. The summed E-state index contributed by atoms with van der Waals surface area (Å²) in [5.74, 6) is -0.432. The quantitative estimate of drug-likeness (QED) is 0.609. The summed E-state index contributed by atoms with van der Waals surface area (Å²) in [6.07, 6.45) is 0. The van der Waals surface area contributed by atoms with E-state index >= 15 is 0 Å². The average Bonchev–Trinajstić information content (AvgIpc) is 2.59. The lowest BCUT2D eigenvalue weighted by Crippen LogP contribution is -2.33. The Bertz CT molecular complexity index is 1010. The molecule has 1 aromatic heterocycles. The lowest BCUT2D eigenvalue weighted by atomic mass is 10.1. The van der Waals surface area contributed by atoms with Crippen molar-refractivity contribution in [2.45, 2.75) is 13.0 Å². The first-order chi connectivity index (χ1) is 11.9. The summed E-state index contributed by atoms with van der Waals surface area (Å²) in [6.45, 7) is 1.83. The molecule has 2 aromatic carbocycles. The van der Waals surface area contributed by atoms with Gasteiger partial charge in [-0.15, -0.1) is 0 Å². The van der Waals surface area contributed by atoms with E-state index in [4.69, 9.17) is 27.6 Å². The zero-order valence-electron chi connectivity index (χ0n) is 13.6. The maximum atomic E-state index is 12.8. The van der Waals surface area contributed by atoms with E-state index in [2.05, 4.69) is 0 Å². The first-order valence-electron chi connectivity index (χ1n) is 7.63. The van der Waals surface area contributed by atoms with E-state index in [1.54, 1.807) is 49.5 Å². The van der Waals surface area contributed by atoms with Gasteiger partial charge in [0, 0.05) is 22.5 Å². The van der Waals surface area contributed by atoms with E-state index in [-0.39, 0.29) is 11.6 Å². The molecule has 4 nitrogen and oxygen atoms in total. The van der Waals surface area contributed by atoms with Crippen LogP contribution < -0.4 is 5.63 Å². The predicted molar refractivity (Wildman–Crippen MR) is 99.5 cm³/mol. The van der Waals surface area contributed by atoms with Crippen molar-refractivity contribution in [2.75, 3.05) is 7.05 Å². The molecule has 0 N–H and O–H groups in total. The Labute approximate surface area is 154 Å². The second-order valence-corrected chi connectivity index (χ2v) is 6.59. The lowest BCUT2D eigenvalue weighted by molar-refractivity contribution is 0.0738. The third-order valence-electron chi connectivity index (χ3n) is 4.19. The molecular weight excluding hydrogens is 361 g/mol. The summed E-state index contributed by atoms with van der Waals surface area (Å²) in [4.78, 5) is 26.4. The predicted octanol–water partition coefficient (Wildman–Crippen LogP) is 4.93. The topological polar surface area (TPSA) is 50.5 Å². The largest absolute Gasteiger partial charge is 0.422 e. The molecule has 1 heterocycles. The minimum Gasteiger partial charge on any atom is -0.422 e. The van der Waals surface area contributed by atoms with Crippen LogP contribution in [-0.2, 0) is 0 Å². The van der Waals surface area contributed by atoms with Crippen LogP contribution in [0.25, 0.3) is 11.0 Å². The van der Waals surface area contributed by atoms with Gasteiger partial charge in [-0.3, -0.25) is 4.79 Å². The first-order valence-corrected chi connectivity index (χ1v) is 8.39. The highest BCUT2D eigenvalue weighted by atomic mass is 35.5. The minimum absolute atomic E-state index is 0.0156. The van der Waals surface area contributed by atoms with Crippen LogP contribution in [0, 0.1) is 0 Å². The Morgan fingerprint density at radius 3 is 2.56 bits per heavy atom. The second kappa shape index (κ2) is 6.90. The SMILES string of the molecule is C[C@H](c1ccc(Cl)cc1Cl)N(C)C(=O)c1cc2ccccc2oc1=O. The molecule has 0 aliphatic carbocycles. The summed E-state index contributed by atoms with van der Waals surface area (Å²) in [5.41, 5.74) is 0.510. The summed E-state index contributed by atoms with van der Waals surface area (Å²) in [5, 5.41) is 1.67. The number of para-hydroxylation sites is 1. The van der Waals surface area contributed by atoms with E-state index in [9.17, 15) is 9.59 Å². The fraction of sp³-hybridized carbons (Fsp3) is 0.158. The Morgan fingerprint density at radius 2 is 1.84 bits per heavy atom. The third-order valence-corrected chi connectivity index (χ3v) is 4.75. The lowest BCUT2D eigenvalue weighted by Gasteiger charge is -2.26. The number of nitrogens with zero attached hydrogens (tertiary/aromatic N) is 1. The van der Waals surface area contributed by atoms with Crippen molar-refractivity contribution in [3.63, 3.8) is 0 Å². The Hall–Kier alpha value is -2.30. The number of rotatable bonds is 3. The maximum absolute atomic E-state index is 12.8. The van der Waals surface area contributed by atoms with E-state index in [1.807, 2.05) is 13.0 Å². The molecule has 6 heteroatoms. The monoisotopic (exact) mass is 375 g/mol. The molecular formula is C19H15Cl2NO3. The van der Waals surface area contributed by atoms with Crippen molar-refractivity contribution in [2.24, 2.45) is 0 Å². The Balaban J connectivity index is 1.97. The van der Waals surface area contributed by atoms with Crippen molar-refractivity contribution in [1.82, 2.24) is 4.90 Å². The second-order valence-electron chi connectivity index (χ2n) is 5.74. The normalized spacial score (nSPS) is 12.2. The number of hydrogen-bond acceptors (Lipinski definition) is 3. The van der Waals surface area contributed by atoms with Crippen LogP contribution >= 0.6 is 23.2 Å². The molecule has 0 aliphatic heterocycles. The van der Waals surface area contributed by atoms with Gasteiger partial charge >= 0.3 is 5.63 Å². The Morgan fingerprint density at radius 1 is 1.12 bits per heavy atom. The molecule has 0 bridgehead atoms. The fourth-order valence-electron chi connectivity index (χ4n) is 2.63. The molecule has 0 fully saturated rings. The number of fused-ring (bicyclic) bond motifs is 1. The van der Waals surface area contributed by atoms with E-state index in [1.165, 1.54) is 4.90 Å². The molecule has 0 aliphatic rings. The number of hydrogen-bond donors (Lipinski definition) is 0. The molecule has 0 saturated heterocycles. The molecule has 0 saturated carbocycles. The Kier molecular flexibility index (Phi) is 4.84. The maximum Gasteiger partial charge on any atom is 0.349 e. The van der Waals surface area contributed by atoms with Gasteiger partial charge in [0.15, 0.2) is 0 Å². The highest BCUT2D eigenvalue weighted by Gasteiger charge is 2.24. The van der Waals surface area contributed by atoms with Gasteiger partial charge in [0.25, 0.3) is 5.91 Å². The van der Waals surface area contributed by atoms with Gasteiger partial charge in [-0.2, -0.15) is 0 Å². The number of halogens is 2. The smallest absolute Gasteiger partial charge is 0.349 e. The van der Waals surface area contributed by atoms with Gasteiger partial charge in [0.05, 0.1) is 6.04 Å². The van der Waals surface area contributed by atoms with Gasteiger partial charge in [0.2, 0.25) is 0 Å². The zero-order chi connectivity index (χ0) is 18.1. The van der Waals surface area contributed by atoms with E-state index < -0.39 is 11.5 Å². The minimum atomic E-state index is -0.662. The summed E-state index contributed by atoms with van der Waals surface area (Å²) in [7, 11) is 1.62. The van der Waals surface area contributed by atoms with Crippen LogP contribution in [0.3, 0.4) is 0 Å². The van der Waals surface area contributed by atoms with Crippen molar-refractivity contribution in [1.29, 1.82) is 0 Å². The van der Waals surface area contributed by atoms with Gasteiger partial charge in [-0.1, -0.05) is 47.5 Å². The number of amides is 1. The summed E-state index contributed by atoms with van der Waals surface area (Å²) >= 11 is 12.1. The van der Waals surface area contributed by atoms with Crippen LogP contribution in [0.1, 0.15) is 28.9 Å².